The summed E-state index contributed by atoms with van der Waals surface area (Å²) in [5.41, 5.74) is 1.33. The fourth-order valence-electron chi connectivity index (χ4n) is 2.78. The zero-order valence-electron chi connectivity index (χ0n) is 13.5. The first-order valence-corrected chi connectivity index (χ1v) is 7.87. The Kier molecular flexibility index (Phi) is 4.24. The number of amides is 1. The molecule has 1 aliphatic rings. The molecule has 23 heavy (non-hydrogen) atoms. The zero-order chi connectivity index (χ0) is 16.3. The van der Waals surface area contributed by atoms with Crippen LogP contribution in [0.2, 0.25) is 0 Å². The third-order valence-electron chi connectivity index (χ3n) is 4.26. The molecule has 0 aromatic heterocycles. The van der Waals surface area contributed by atoms with Gasteiger partial charge in [0.05, 0.1) is 24.8 Å². The molecule has 0 bridgehead atoms. The number of carbonyl (C=O) groups excluding carboxylic acids is 1. The van der Waals surface area contributed by atoms with Crippen LogP contribution in [0.15, 0.2) is 48.5 Å². The smallest absolute Gasteiger partial charge is 0.235 e. The number of para-hydroxylation sites is 2. The monoisotopic (exact) mass is 311 g/mol. The Morgan fingerprint density at radius 3 is 2.43 bits per heavy atom. The number of hydrogen-bond acceptors (Lipinski definition) is 3. The van der Waals surface area contributed by atoms with Crippen molar-refractivity contribution in [1.29, 1.82) is 0 Å². The summed E-state index contributed by atoms with van der Waals surface area (Å²) in [5, 5.41) is 3.03. The highest BCUT2D eigenvalue weighted by molar-refractivity contribution is 6.02. The minimum atomic E-state index is -0.425. The third-order valence-corrected chi connectivity index (χ3v) is 4.26. The average molecular weight is 311 g/mol. The normalized spacial score (nSPS) is 14.9. The van der Waals surface area contributed by atoms with Crippen molar-refractivity contribution in [2.45, 2.75) is 25.2 Å². The fraction of sp³-hybridized carbons (Fsp3) is 0.316. The molecule has 1 fully saturated rings. The molecule has 3 rings (SSSR count). The van der Waals surface area contributed by atoms with Crippen LogP contribution in [-0.2, 0) is 10.2 Å². The Morgan fingerprint density at radius 2 is 1.83 bits per heavy atom. The Morgan fingerprint density at radius 1 is 1.13 bits per heavy atom. The second-order valence-corrected chi connectivity index (χ2v) is 5.69. The average Bonchev–Trinajstić information content (AvgIpc) is 3.39. The van der Waals surface area contributed by atoms with Gasteiger partial charge < -0.3 is 14.8 Å². The maximum Gasteiger partial charge on any atom is 0.235 e. The summed E-state index contributed by atoms with van der Waals surface area (Å²) in [7, 11) is 1.64. The molecule has 0 atom stereocenters. The van der Waals surface area contributed by atoms with Crippen LogP contribution < -0.4 is 14.8 Å². The minimum absolute atomic E-state index is 0.0230. The Bertz CT molecular complexity index is 690. The number of carbonyl (C=O) groups is 1. The van der Waals surface area contributed by atoms with Crippen molar-refractivity contribution in [2.75, 3.05) is 19.0 Å². The van der Waals surface area contributed by atoms with Crippen LogP contribution in [0.5, 0.6) is 11.5 Å². The van der Waals surface area contributed by atoms with Crippen LogP contribution in [0.3, 0.4) is 0 Å². The van der Waals surface area contributed by atoms with Crippen LogP contribution in [0.25, 0.3) is 0 Å². The maximum atomic E-state index is 12.8. The minimum Gasteiger partial charge on any atom is -0.497 e. The second kappa shape index (κ2) is 6.32. The van der Waals surface area contributed by atoms with Crippen molar-refractivity contribution in [3.8, 4) is 11.5 Å². The first-order chi connectivity index (χ1) is 11.2. The van der Waals surface area contributed by atoms with E-state index in [1.165, 1.54) is 0 Å². The van der Waals surface area contributed by atoms with Gasteiger partial charge >= 0.3 is 0 Å². The van der Waals surface area contributed by atoms with E-state index < -0.39 is 5.41 Å². The second-order valence-electron chi connectivity index (χ2n) is 5.69. The van der Waals surface area contributed by atoms with Crippen molar-refractivity contribution in [1.82, 2.24) is 0 Å². The molecule has 0 aliphatic heterocycles. The first-order valence-electron chi connectivity index (χ1n) is 7.87. The molecule has 4 nitrogen and oxygen atoms in total. The summed E-state index contributed by atoms with van der Waals surface area (Å²) < 4.78 is 10.8. The Hall–Kier alpha value is -2.49. The molecule has 0 radical (unpaired) electrons. The number of nitrogens with one attached hydrogen (secondary N) is 1. The van der Waals surface area contributed by atoms with Gasteiger partial charge in [-0.05, 0) is 49.6 Å². The molecular formula is C19H21NO3. The molecule has 0 unspecified atom stereocenters. The fourth-order valence-corrected chi connectivity index (χ4v) is 2.78. The molecule has 0 heterocycles. The number of benzene rings is 2. The Labute approximate surface area is 136 Å². The lowest BCUT2D eigenvalue weighted by Gasteiger charge is -2.18. The molecule has 2 aromatic rings. The van der Waals surface area contributed by atoms with Crippen molar-refractivity contribution in [3.05, 3.63) is 54.1 Å². The van der Waals surface area contributed by atoms with E-state index >= 15 is 0 Å². The van der Waals surface area contributed by atoms with Gasteiger partial charge in [0.15, 0.2) is 0 Å². The first kappa shape index (κ1) is 15.4. The lowest BCUT2D eigenvalue weighted by atomic mass is 9.94. The topological polar surface area (TPSA) is 47.6 Å². The third kappa shape index (κ3) is 3.02. The Balaban J connectivity index is 1.80. The van der Waals surface area contributed by atoms with Crippen molar-refractivity contribution in [3.63, 3.8) is 0 Å². The van der Waals surface area contributed by atoms with E-state index in [2.05, 4.69) is 5.32 Å². The zero-order valence-corrected chi connectivity index (χ0v) is 13.5. The van der Waals surface area contributed by atoms with Gasteiger partial charge in [0.2, 0.25) is 5.91 Å². The molecule has 2 aromatic carbocycles. The largest absolute Gasteiger partial charge is 0.497 e. The van der Waals surface area contributed by atoms with E-state index in [0.29, 0.717) is 12.4 Å². The predicted octanol–water partition coefficient (Wildman–Crippen LogP) is 3.76. The summed E-state index contributed by atoms with van der Waals surface area (Å²) in [6, 6.07) is 15.3. The summed E-state index contributed by atoms with van der Waals surface area (Å²) in [5.74, 6) is 1.52. The van der Waals surface area contributed by atoms with E-state index in [9.17, 15) is 4.79 Å². The molecule has 1 amide bonds. The van der Waals surface area contributed by atoms with Crippen molar-refractivity contribution < 1.29 is 14.3 Å². The van der Waals surface area contributed by atoms with Gasteiger partial charge in [-0.15, -0.1) is 0 Å². The number of hydrogen-bond donors (Lipinski definition) is 1. The van der Waals surface area contributed by atoms with Gasteiger partial charge in [-0.1, -0.05) is 24.3 Å². The van der Waals surface area contributed by atoms with Crippen LogP contribution in [-0.4, -0.2) is 19.6 Å². The van der Waals surface area contributed by atoms with Gasteiger partial charge in [-0.25, -0.2) is 0 Å². The van der Waals surface area contributed by atoms with Gasteiger partial charge in [0.25, 0.3) is 0 Å². The van der Waals surface area contributed by atoms with E-state index in [-0.39, 0.29) is 5.91 Å². The summed E-state index contributed by atoms with van der Waals surface area (Å²) in [6.07, 6.45) is 1.73. The lowest BCUT2D eigenvalue weighted by molar-refractivity contribution is -0.118. The predicted molar refractivity (Wildman–Crippen MR) is 90.1 cm³/mol. The molecule has 1 N–H and O–H groups in total. The van der Waals surface area contributed by atoms with Crippen LogP contribution in [0.1, 0.15) is 25.3 Å². The van der Waals surface area contributed by atoms with Gasteiger partial charge in [0, 0.05) is 0 Å². The van der Waals surface area contributed by atoms with Crippen LogP contribution >= 0.6 is 0 Å². The van der Waals surface area contributed by atoms with Crippen LogP contribution in [0.4, 0.5) is 5.69 Å². The lowest BCUT2D eigenvalue weighted by Crippen LogP contribution is -2.28. The number of rotatable bonds is 6. The maximum absolute atomic E-state index is 12.8. The quantitative estimate of drug-likeness (QED) is 0.883. The molecular weight excluding hydrogens is 290 g/mol. The summed E-state index contributed by atoms with van der Waals surface area (Å²) in [4.78, 5) is 12.8. The molecule has 1 aliphatic carbocycles. The van der Waals surface area contributed by atoms with Gasteiger partial charge in [-0.3, -0.25) is 4.79 Å². The number of ether oxygens (including phenoxy) is 2. The van der Waals surface area contributed by atoms with E-state index in [1.807, 2.05) is 55.5 Å². The molecule has 4 heteroatoms. The molecule has 1 saturated carbocycles. The standard InChI is InChI=1S/C19H21NO3/c1-3-23-17-7-5-4-6-16(17)20-18(21)19(12-13-19)14-8-10-15(22-2)11-9-14/h4-11H,3,12-13H2,1-2H3,(H,20,21). The van der Waals surface area contributed by atoms with Crippen molar-refractivity contribution >= 4 is 11.6 Å². The number of anilines is 1. The number of methoxy groups -OCH3 is 1. The highest BCUT2D eigenvalue weighted by atomic mass is 16.5. The molecule has 0 spiro atoms. The SMILES string of the molecule is CCOc1ccccc1NC(=O)C1(c2ccc(OC)cc2)CC1. The summed E-state index contributed by atoms with van der Waals surface area (Å²) >= 11 is 0. The van der Waals surface area contributed by atoms with Crippen LogP contribution in [0, 0.1) is 0 Å². The summed E-state index contributed by atoms with van der Waals surface area (Å²) in [6.45, 7) is 2.49. The van der Waals surface area contributed by atoms with E-state index in [0.717, 1.165) is 29.8 Å². The van der Waals surface area contributed by atoms with E-state index in [1.54, 1.807) is 7.11 Å². The van der Waals surface area contributed by atoms with Gasteiger partial charge in [-0.2, -0.15) is 0 Å². The highest BCUT2D eigenvalue weighted by Crippen LogP contribution is 2.49. The molecule has 0 saturated heterocycles. The highest BCUT2D eigenvalue weighted by Gasteiger charge is 2.51. The van der Waals surface area contributed by atoms with Crippen molar-refractivity contribution in [2.24, 2.45) is 0 Å². The van der Waals surface area contributed by atoms with E-state index in [4.69, 9.17) is 9.47 Å². The molecule has 120 valence electrons. The van der Waals surface area contributed by atoms with Gasteiger partial charge in [0.1, 0.15) is 11.5 Å².